The van der Waals surface area contributed by atoms with Crippen molar-refractivity contribution in [3.8, 4) is 17.4 Å². The van der Waals surface area contributed by atoms with Crippen LogP contribution in [0.4, 0.5) is 0 Å². The lowest BCUT2D eigenvalue weighted by Gasteiger charge is -2.28. The van der Waals surface area contributed by atoms with Gasteiger partial charge >= 0.3 is 0 Å². The number of likely N-dealkylation sites (N-methyl/N-ethyl adjacent to an activating group) is 1. The Morgan fingerprint density at radius 3 is 2.64 bits per heavy atom. The Morgan fingerprint density at radius 2 is 2.05 bits per heavy atom. The van der Waals surface area contributed by atoms with E-state index < -0.39 is 0 Å². The van der Waals surface area contributed by atoms with Gasteiger partial charge in [0.15, 0.2) is 0 Å². The van der Waals surface area contributed by atoms with Crippen LogP contribution in [0, 0.1) is 0 Å². The van der Waals surface area contributed by atoms with Crippen LogP contribution in [-0.2, 0) is 6.54 Å². The number of nitrogens with zero attached hydrogens (tertiary/aromatic N) is 5. The smallest absolute Gasteiger partial charge is 0.240 e. The van der Waals surface area contributed by atoms with E-state index >= 15 is 0 Å². The molecule has 2 aromatic heterocycles. The molecule has 0 fully saturated rings. The van der Waals surface area contributed by atoms with Crippen molar-refractivity contribution in [2.24, 2.45) is 0 Å². The summed E-state index contributed by atoms with van der Waals surface area (Å²) >= 11 is 0. The van der Waals surface area contributed by atoms with E-state index in [2.05, 4.69) is 44.4 Å². The average Bonchev–Trinajstić information content (AvgIpc) is 2.93. The fourth-order valence-electron chi connectivity index (χ4n) is 2.14. The molecule has 0 amide bonds. The topological polar surface area (TPSA) is 89.2 Å². The van der Waals surface area contributed by atoms with E-state index in [1.807, 2.05) is 14.1 Å². The van der Waals surface area contributed by atoms with Crippen LogP contribution in [0.5, 0.6) is 5.88 Å². The summed E-state index contributed by atoms with van der Waals surface area (Å²) in [7, 11) is 5.62. The predicted molar refractivity (Wildman–Crippen MR) is 81.3 cm³/mol. The number of nitrogens with one attached hydrogen (secondary N) is 1. The minimum absolute atomic E-state index is 0.0575. The third kappa shape index (κ3) is 4.47. The Hall–Kier alpha value is -2.06. The van der Waals surface area contributed by atoms with E-state index in [4.69, 9.17) is 9.26 Å². The summed E-state index contributed by atoms with van der Waals surface area (Å²) in [5.41, 5.74) is 0.487. The van der Waals surface area contributed by atoms with Gasteiger partial charge in [-0.25, -0.2) is 0 Å². The standard InChI is InChI=1S/C14H22N6O2/c1-14(2,9-20(3)4)15-8-12-16-13(19-22-12)10-6-7-11(21-5)18-17-10/h6-7,15H,8-9H2,1-5H3. The first-order valence-electron chi connectivity index (χ1n) is 7.00. The minimum atomic E-state index is -0.0575. The van der Waals surface area contributed by atoms with E-state index in [0.717, 1.165) is 6.54 Å². The largest absolute Gasteiger partial charge is 0.480 e. The molecule has 0 unspecified atom stereocenters. The second-order valence-electron chi connectivity index (χ2n) is 5.95. The fourth-order valence-corrected chi connectivity index (χ4v) is 2.14. The van der Waals surface area contributed by atoms with Crippen LogP contribution in [0.25, 0.3) is 11.5 Å². The van der Waals surface area contributed by atoms with Crippen LogP contribution in [0.2, 0.25) is 0 Å². The zero-order chi connectivity index (χ0) is 16.2. The number of hydrogen-bond donors (Lipinski definition) is 1. The maximum atomic E-state index is 5.24. The molecule has 2 heterocycles. The maximum absolute atomic E-state index is 5.24. The number of ether oxygens (including phenoxy) is 1. The van der Waals surface area contributed by atoms with Gasteiger partial charge in [0.2, 0.25) is 17.6 Å². The molecule has 0 radical (unpaired) electrons. The molecule has 8 nitrogen and oxygen atoms in total. The van der Waals surface area contributed by atoms with Gasteiger partial charge in [0, 0.05) is 18.2 Å². The highest BCUT2D eigenvalue weighted by Crippen LogP contribution is 2.14. The van der Waals surface area contributed by atoms with E-state index in [9.17, 15) is 0 Å². The summed E-state index contributed by atoms with van der Waals surface area (Å²) in [4.78, 5) is 6.45. The molecule has 0 aliphatic rings. The Balaban J connectivity index is 1.99. The van der Waals surface area contributed by atoms with Gasteiger partial charge in [-0.3, -0.25) is 0 Å². The molecule has 120 valence electrons. The summed E-state index contributed by atoms with van der Waals surface area (Å²) in [6.07, 6.45) is 0. The molecule has 0 aromatic carbocycles. The lowest BCUT2D eigenvalue weighted by atomic mass is 10.1. The molecule has 22 heavy (non-hydrogen) atoms. The van der Waals surface area contributed by atoms with Crippen LogP contribution in [0.3, 0.4) is 0 Å². The SMILES string of the molecule is COc1ccc(-c2noc(CNC(C)(C)CN(C)C)n2)nn1. The van der Waals surface area contributed by atoms with Gasteiger partial charge in [-0.05, 0) is 34.0 Å². The Bertz CT molecular complexity index is 594. The van der Waals surface area contributed by atoms with Crippen molar-refractivity contribution in [2.75, 3.05) is 27.7 Å². The van der Waals surface area contributed by atoms with Crippen LogP contribution >= 0.6 is 0 Å². The molecule has 1 N–H and O–H groups in total. The first-order valence-corrected chi connectivity index (χ1v) is 7.00. The van der Waals surface area contributed by atoms with E-state index in [-0.39, 0.29) is 5.54 Å². The van der Waals surface area contributed by atoms with Gasteiger partial charge in [0.25, 0.3) is 0 Å². The molecule has 0 aliphatic heterocycles. The van der Waals surface area contributed by atoms with Crippen LogP contribution in [0.15, 0.2) is 16.7 Å². The fraction of sp³-hybridized carbons (Fsp3) is 0.571. The molecule has 0 spiro atoms. The Kier molecular flexibility index (Phi) is 5.04. The van der Waals surface area contributed by atoms with Gasteiger partial charge in [-0.15, -0.1) is 10.2 Å². The maximum Gasteiger partial charge on any atom is 0.240 e. The Labute approximate surface area is 129 Å². The monoisotopic (exact) mass is 306 g/mol. The molecular weight excluding hydrogens is 284 g/mol. The highest BCUT2D eigenvalue weighted by molar-refractivity contribution is 5.47. The van der Waals surface area contributed by atoms with Gasteiger partial charge in [-0.1, -0.05) is 5.16 Å². The molecule has 0 aliphatic carbocycles. The first-order chi connectivity index (χ1) is 10.4. The highest BCUT2D eigenvalue weighted by atomic mass is 16.5. The molecule has 0 bridgehead atoms. The van der Waals surface area contributed by atoms with E-state index in [0.29, 0.717) is 29.8 Å². The normalized spacial score (nSPS) is 11.9. The third-order valence-corrected chi connectivity index (χ3v) is 2.98. The van der Waals surface area contributed by atoms with E-state index in [1.54, 1.807) is 12.1 Å². The lowest BCUT2D eigenvalue weighted by Crippen LogP contribution is -2.46. The predicted octanol–water partition coefficient (Wildman–Crippen LogP) is 0.965. The second kappa shape index (κ2) is 6.80. The molecular formula is C14H22N6O2. The molecule has 2 rings (SSSR count). The summed E-state index contributed by atoms with van der Waals surface area (Å²) in [5.74, 6) is 1.37. The summed E-state index contributed by atoms with van der Waals surface area (Å²) in [6.45, 7) is 5.65. The van der Waals surface area contributed by atoms with Gasteiger partial charge < -0.3 is 19.5 Å². The van der Waals surface area contributed by atoms with Gasteiger partial charge in [-0.2, -0.15) is 4.98 Å². The second-order valence-corrected chi connectivity index (χ2v) is 5.95. The van der Waals surface area contributed by atoms with Crippen molar-refractivity contribution in [1.82, 2.24) is 30.6 Å². The van der Waals surface area contributed by atoms with Crippen molar-refractivity contribution in [1.29, 1.82) is 0 Å². The zero-order valence-electron chi connectivity index (χ0n) is 13.6. The number of hydrogen-bond acceptors (Lipinski definition) is 8. The minimum Gasteiger partial charge on any atom is -0.480 e. The number of rotatable bonds is 7. The molecule has 2 aromatic rings. The van der Waals surface area contributed by atoms with Crippen molar-refractivity contribution < 1.29 is 9.26 Å². The summed E-state index contributed by atoms with van der Waals surface area (Å²) in [5, 5.41) is 15.2. The van der Waals surface area contributed by atoms with Crippen molar-refractivity contribution >= 4 is 0 Å². The summed E-state index contributed by atoms with van der Waals surface area (Å²) in [6, 6.07) is 3.45. The molecule has 0 saturated heterocycles. The molecule has 0 atom stereocenters. The highest BCUT2D eigenvalue weighted by Gasteiger charge is 2.19. The number of aromatic nitrogens is 4. The Morgan fingerprint density at radius 1 is 1.27 bits per heavy atom. The average molecular weight is 306 g/mol. The van der Waals surface area contributed by atoms with Crippen LogP contribution in [-0.4, -0.2) is 58.5 Å². The number of methoxy groups -OCH3 is 1. The van der Waals surface area contributed by atoms with Crippen molar-refractivity contribution in [3.05, 3.63) is 18.0 Å². The summed E-state index contributed by atoms with van der Waals surface area (Å²) < 4.78 is 10.2. The van der Waals surface area contributed by atoms with Gasteiger partial charge in [0.05, 0.1) is 13.7 Å². The zero-order valence-corrected chi connectivity index (χ0v) is 13.6. The van der Waals surface area contributed by atoms with Crippen molar-refractivity contribution in [2.45, 2.75) is 25.9 Å². The molecule has 0 saturated carbocycles. The van der Waals surface area contributed by atoms with Crippen LogP contribution in [0.1, 0.15) is 19.7 Å². The third-order valence-electron chi connectivity index (χ3n) is 2.98. The quantitative estimate of drug-likeness (QED) is 0.809. The van der Waals surface area contributed by atoms with E-state index in [1.165, 1.54) is 7.11 Å². The lowest BCUT2D eigenvalue weighted by molar-refractivity contribution is 0.253. The van der Waals surface area contributed by atoms with Crippen molar-refractivity contribution in [3.63, 3.8) is 0 Å². The molecule has 8 heteroatoms. The van der Waals surface area contributed by atoms with Crippen LogP contribution < -0.4 is 10.1 Å². The van der Waals surface area contributed by atoms with Gasteiger partial charge in [0.1, 0.15) is 5.69 Å². The first kappa shape index (κ1) is 16.3.